The van der Waals surface area contributed by atoms with E-state index in [1.807, 2.05) is 12.1 Å². The molecule has 3 nitrogen and oxygen atoms in total. The van der Waals surface area contributed by atoms with Crippen molar-refractivity contribution in [3.63, 3.8) is 0 Å². The average Bonchev–Trinajstić information content (AvgIpc) is 2.91. The Morgan fingerprint density at radius 2 is 2.00 bits per heavy atom. The molecular formula is C23H28N2O. The lowest BCUT2D eigenvalue weighted by molar-refractivity contribution is 0.100. The van der Waals surface area contributed by atoms with Gasteiger partial charge in [-0.15, -0.1) is 0 Å². The van der Waals surface area contributed by atoms with Crippen LogP contribution in [0.4, 0.5) is 0 Å². The molecule has 0 spiro atoms. The second kappa shape index (κ2) is 7.14. The number of nitrogens with zero attached hydrogens (tertiary/aromatic N) is 1. The van der Waals surface area contributed by atoms with E-state index < -0.39 is 0 Å². The fraction of sp³-hybridized carbons (Fsp3) is 0.435. The third-order valence-electron chi connectivity index (χ3n) is 5.96. The van der Waals surface area contributed by atoms with Gasteiger partial charge in [-0.25, -0.2) is 0 Å². The van der Waals surface area contributed by atoms with Crippen LogP contribution >= 0.6 is 0 Å². The van der Waals surface area contributed by atoms with Gasteiger partial charge in [0.1, 0.15) is 0 Å². The third kappa shape index (κ3) is 3.00. The highest BCUT2D eigenvalue weighted by Crippen LogP contribution is 2.36. The first-order valence-electron chi connectivity index (χ1n) is 10.0. The number of hydrogen-bond acceptors (Lipinski definition) is 1. The molecule has 1 aromatic heterocycles. The van der Waals surface area contributed by atoms with Crippen molar-refractivity contribution in [2.24, 2.45) is 11.7 Å². The number of rotatable bonds is 7. The van der Waals surface area contributed by atoms with Crippen molar-refractivity contribution < 1.29 is 4.79 Å². The highest BCUT2D eigenvalue weighted by Gasteiger charge is 2.22. The highest BCUT2D eigenvalue weighted by molar-refractivity contribution is 6.17. The molecule has 1 fully saturated rings. The molecule has 0 aliphatic heterocycles. The molecule has 3 heteroatoms. The summed E-state index contributed by atoms with van der Waals surface area (Å²) in [5.41, 5.74) is 10.1. The number of aromatic nitrogens is 1. The highest BCUT2D eigenvalue weighted by atomic mass is 16.1. The van der Waals surface area contributed by atoms with Gasteiger partial charge in [0.2, 0.25) is 5.91 Å². The van der Waals surface area contributed by atoms with Crippen LogP contribution in [0.5, 0.6) is 0 Å². The van der Waals surface area contributed by atoms with E-state index in [9.17, 15) is 4.79 Å². The van der Waals surface area contributed by atoms with Crippen LogP contribution < -0.4 is 5.73 Å². The van der Waals surface area contributed by atoms with Gasteiger partial charge in [0.15, 0.2) is 0 Å². The molecule has 0 unspecified atom stereocenters. The quantitative estimate of drug-likeness (QED) is 0.569. The summed E-state index contributed by atoms with van der Waals surface area (Å²) < 4.78 is 2.43. The first kappa shape index (κ1) is 17.1. The summed E-state index contributed by atoms with van der Waals surface area (Å²) in [4.78, 5) is 12.0. The minimum atomic E-state index is -0.342. The normalized spacial score (nSPS) is 14.8. The van der Waals surface area contributed by atoms with Crippen LogP contribution in [0, 0.1) is 5.92 Å². The second-order valence-electron chi connectivity index (χ2n) is 7.78. The average molecular weight is 348 g/mol. The van der Waals surface area contributed by atoms with E-state index in [2.05, 4.69) is 35.8 Å². The molecule has 1 aliphatic carbocycles. The maximum absolute atomic E-state index is 12.0. The molecule has 1 heterocycles. The van der Waals surface area contributed by atoms with E-state index in [-0.39, 0.29) is 5.91 Å². The summed E-state index contributed by atoms with van der Waals surface area (Å²) >= 11 is 0. The standard InChI is InChI=1S/C23H28N2O/c1-2-3-4-7-16-12-13-18-21(14-16)25(15-17-8-5-9-17)20-11-6-10-19(22(18)20)23(24)26/h6,10-14,17H,2-5,7-9,15H2,1H3,(H2,24,26). The molecule has 26 heavy (non-hydrogen) atoms. The van der Waals surface area contributed by atoms with Gasteiger partial charge < -0.3 is 10.3 Å². The fourth-order valence-electron chi connectivity index (χ4n) is 4.26. The fourth-order valence-corrected chi connectivity index (χ4v) is 4.26. The number of carbonyl (C=O) groups excluding carboxylic acids is 1. The molecule has 0 radical (unpaired) electrons. The second-order valence-corrected chi connectivity index (χ2v) is 7.78. The molecule has 2 N–H and O–H groups in total. The summed E-state index contributed by atoms with van der Waals surface area (Å²) in [6.45, 7) is 3.28. The zero-order valence-electron chi connectivity index (χ0n) is 15.6. The number of amides is 1. The molecule has 3 aromatic rings. The number of hydrogen-bond donors (Lipinski definition) is 1. The van der Waals surface area contributed by atoms with Crippen LogP contribution in [0.3, 0.4) is 0 Å². The van der Waals surface area contributed by atoms with Crippen molar-refractivity contribution >= 4 is 27.7 Å². The van der Waals surface area contributed by atoms with Crippen LogP contribution in [0.2, 0.25) is 0 Å². The Kier molecular flexibility index (Phi) is 4.71. The third-order valence-corrected chi connectivity index (χ3v) is 5.96. The number of primary amides is 1. The van der Waals surface area contributed by atoms with Crippen LogP contribution in [0.1, 0.15) is 61.4 Å². The van der Waals surface area contributed by atoms with E-state index in [0.717, 1.165) is 35.2 Å². The van der Waals surface area contributed by atoms with Crippen LogP contribution in [-0.4, -0.2) is 10.5 Å². The van der Waals surface area contributed by atoms with E-state index in [4.69, 9.17) is 5.73 Å². The van der Waals surface area contributed by atoms with E-state index in [0.29, 0.717) is 5.56 Å². The molecule has 4 rings (SSSR count). The zero-order chi connectivity index (χ0) is 18.1. The first-order chi connectivity index (χ1) is 12.7. The number of aryl methyl sites for hydroxylation is 1. The van der Waals surface area contributed by atoms with E-state index in [1.165, 1.54) is 49.6 Å². The van der Waals surface area contributed by atoms with E-state index in [1.54, 1.807) is 0 Å². The van der Waals surface area contributed by atoms with Crippen LogP contribution in [0.25, 0.3) is 21.8 Å². The molecule has 0 bridgehead atoms. The SMILES string of the molecule is CCCCCc1ccc2c3c(C(N)=O)cccc3n(CC3CCC3)c2c1. The monoisotopic (exact) mass is 348 g/mol. The van der Waals surface area contributed by atoms with Crippen molar-refractivity contribution in [2.45, 2.75) is 58.4 Å². The topological polar surface area (TPSA) is 48.0 Å². The van der Waals surface area contributed by atoms with Gasteiger partial charge >= 0.3 is 0 Å². The van der Waals surface area contributed by atoms with Gasteiger partial charge in [-0.05, 0) is 55.4 Å². The first-order valence-corrected chi connectivity index (χ1v) is 10.0. The molecule has 0 atom stereocenters. The molecule has 0 saturated heterocycles. The molecule has 136 valence electrons. The predicted octanol–water partition coefficient (Wildman–Crippen LogP) is 5.43. The van der Waals surface area contributed by atoms with Gasteiger partial charge in [-0.1, -0.05) is 44.4 Å². The molecule has 1 aliphatic rings. The lowest BCUT2D eigenvalue weighted by Crippen LogP contribution is -2.18. The number of fused-ring (bicyclic) bond motifs is 3. The van der Waals surface area contributed by atoms with E-state index >= 15 is 0 Å². The summed E-state index contributed by atoms with van der Waals surface area (Å²) in [7, 11) is 0. The Bertz CT molecular complexity index is 950. The molecule has 1 saturated carbocycles. The Hall–Kier alpha value is -2.29. The lowest BCUT2D eigenvalue weighted by atomic mass is 9.85. The van der Waals surface area contributed by atoms with Crippen LogP contribution in [0.15, 0.2) is 36.4 Å². The summed E-state index contributed by atoms with van der Waals surface area (Å²) in [6.07, 6.45) is 8.84. The number of nitrogens with two attached hydrogens (primary N) is 1. The van der Waals surface area contributed by atoms with Crippen molar-refractivity contribution in [3.8, 4) is 0 Å². The summed E-state index contributed by atoms with van der Waals surface area (Å²) in [5, 5.41) is 2.18. The van der Waals surface area contributed by atoms with Crippen molar-refractivity contribution in [2.75, 3.05) is 0 Å². The van der Waals surface area contributed by atoms with Gasteiger partial charge in [-0.2, -0.15) is 0 Å². The van der Waals surface area contributed by atoms with Gasteiger partial charge in [0.05, 0.1) is 0 Å². The Morgan fingerprint density at radius 1 is 1.15 bits per heavy atom. The van der Waals surface area contributed by atoms with Gasteiger partial charge in [0, 0.05) is 33.9 Å². The van der Waals surface area contributed by atoms with Crippen molar-refractivity contribution in [1.82, 2.24) is 4.57 Å². The maximum Gasteiger partial charge on any atom is 0.249 e. The largest absolute Gasteiger partial charge is 0.366 e. The Labute approximate surface area is 155 Å². The summed E-state index contributed by atoms with van der Waals surface area (Å²) in [5.74, 6) is 0.417. The lowest BCUT2D eigenvalue weighted by Gasteiger charge is -2.26. The van der Waals surface area contributed by atoms with Crippen molar-refractivity contribution in [3.05, 3.63) is 47.5 Å². The summed E-state index contributed by atoms with van der Waals surface area (Å²) in [6, 6.07) is 12.7. The smallest absolute Gasteiger partial charge is 0.249 e. The van der Waals surface area contributed by atoms with Gasteiger partial charge in [-0.3, -0.25) is 4.79 Å². The molecule has 1 amide bonds. The minimum Gasteiger partial charge on any atom is -0.366 e. The van der Waals surface area contributed by atoms with Crippen LogP contribution in [-0.2, 0) is 13.0 Å². The number of unbranched alkanes of at least 4 members (excludes halogenated alkanes) is 2. The number of benzene rings is 2. The Morgan fingerprint density at radius 3 is 2.69 bits per heavy atom. The number of carbonyl (C=O) groups is 1. The molecular weight excluding hydrogens is 320 g/mol. The zero-order valence-corrected chi connectivity index (χ0v) is 15.6. The van der Waals surface area contributed by atoms with Gasteiger partial charge in [0.25, 0.3) is 0 Å². The minimum absolute atomic E-state index is 0.342. The van der Waals surface area contributed by atoms with Crippen molar-refractivity contribution in [1.29, 1.82) is 0 Å². The maximum atomic E-state index is 12.0. The predicted molar refractivity (Wildman–Crippen MR) is 109 cm³/mol. The Balaban J connectivity index is 1.88. The molecule has 2 aromatic carbocycles.